The Bertz CT molecular complexity index is 312. The summed E-state index contributed by atoms with van der Waals surface area (Å²) in [4.78, 5) is 0. The maximum Gasteiger partial charge on any atom is 0.116 e. The molecule has 1 aliphatic rings. The van der Waals surface area contributed by atoms with Crippen LogP contribution in [-0.4, -0.2) is 18.8 Å². The van der Waals surface area contributed by atoms with Crippen molar-refractivity contribution >= 4 is 5.69 Å². The number of anilines is 1. The van der Waals surface area contributed by atoms with Gasteiger partial charge < -0.3 is 15.2 Å². The van der Waals surface area contributed by atoms with Gasteiger partial charge in [0.15, 0.2) is 0 Å². The number of phenols is 1. The first kappa shape index (κ1) is 8.38. The Balaban J connectivity index is 2.41. The number of rotatable bonds is 1. The average molecular weight is 179 g/mol. The van der Waals surface area contributed by atoms with Gasteiger partial charge in [-0.05, 0) is 24.6 Å². The normalized spacial score (nSPS) is 20.5. The van der Waals surface area contributed by atoms with Gasteiger partial charge in [0.25, 0.3) is 0 Å². The maximum atomic E-state index is 9.32. The molecule has 70 valence electrons. The second kappa shape index (κ2) is 3.26. The van der Waals surface area contributed by atoms with Crippen LogP contribution < -0.4 is 5.32 Å². The molecule has 1 unspecified atom stereocenters. The maximum absolute atomic E-state index is 9.32. The van der Waals surface area contributed by atoms with Gasteiger partial charge in [0, 0.05) is 24.9 Å². The van der Waals surface area contributed by atoms with E-state index in [0.717, 1.165) is 24.2 Å². The molecule has 0 aliphatic carbocycles. The van der Waals surface area contributed by atoms with Gasteiger partial charge in [-0.15, -0.1) is 0 Å². The first-order valence-corrected chi connectivity index (χ1v) is 4.41. The Hall–Kier alpha value is -1.22. The number of ether oxygens (including phenoxy) is 1. The topological polar surface area (TPSA) is 41.5 Å². The molecule has 1 aliphatic heterocycles. The van der Waals surface area contributed by atoms with Gasteiger partial charge in [0.2, 0.25) is 0 Å². The molecular formula is C10H13NO2. The zero-order chi connectivity index (χ0) is 9.26. The summed E-state index contributed by atoms with van der Waals surface area (Å²) in [6.07, 6.45) is 1.07. The minimum atomic E-state index is 0.114. The van der Waals surface area contributed by atoms with Crippen molar-refractivity contribution in [3.05, 3.63) is 23.8 Å². The Labute approximate surface area is 77.3 Å². The van der Waals surface area contributed by atoms with E-state index in [1.165, 1.54) is 0 Å². The number of fused-ring (bicyclic) bond motifs is 1. The summed E-state index contributed by atoms with van der Waals surface area (Å²) in [5.41, 5.74) is 2.12. The minimum Gasteiger partial charge on any atom is -0.508 e. The predicted molar refractivity (Wildman–Crippen MR) is 51.0 cm³/mol. The predicted octanol–water partition coefficient (Wildman–Crippen LogP) is 1.90. The fraction of sp³-hybridized carbons (Fsp3) is 0.400. The van der Waals surface area contributed by atoms with Crippen molar-refractivity contribution in [2.24, 2.45) is 0 Å². The average Bonchev–Trinajstić information content (AvgIpc) is 2.17. The van der Waals surface area contributed by atoms with E-state index >= 15 is 0 Å². The molecule has 0 saturated carbocycles. The van der Waals surface area contributed by atoms with Gasteiger partial charge >= 0.3 is 0 Å². The molecule has 2 rings (SSSR count). The van der Waals surface area contributed by atoms with Crippen molar-refractivity contribution in [1.29, 1.82) is 0 Å². The first-order valence-electron chi connectivity index (χ1n) is 4.41. The Morgan fingerprint density at radius 2 is 2.38 bits per heavy atom. The highest BCUT2D eigenvalue weighted by Crippen LogP contribution is 2.33. The summed E-state index contributed by atoms with van der Waals surface area (Å²) in [7, 11) is 1.70. The summed E-state index contributed by atoms with van der Waals surface area (Å²) in [5.74, 6) is 0.296. The molecule has 0 aromatic heterocycles. The lowest BCUT2D eigenvalue weighted by Crippen LogP contribution is -2.17. The molecular weight excluding hydrogens is 166 g/mol. The second-order valence-corrected chi connectivity index (χ2v) is 3.21. The van der Waals surface area contributed by atoms with Crippen LogP contribution in [0.3, 0.4) is 0 Å². The highest BCUT2D eigenvalue weighted by atomic mass is 16.5. The van der Waals surface area contributed by atoms with Crippen LogP contribution in [0.4, 0.5) is 5.69 Å². The monoisotopic (exact) mass is 179 g/mol. The van der Waals surface area contributed by atoms with E-state index in [2.05, 4.69) is 5.32 Å². The molecule has 1 heterocycles. The molecule has 0 amide bonds. The number of phenolic OH excluding ortho intramolecular Hbond substituents is 1. The van der Waals surface area contributed by atoms with Gasteiger partial charge in [0.1, 0.15) is 5.75 Å². The van der Waals surface area contributed by atoms with E-state index in [1.807, 2.05) is 6.07 Å². The summed E-state index contributed by atoms with van der Waals surface area (Å²) in [6, 6.07) is 5.33. The highest BCUT2D eigenvalue weighted by molar-refractivity contribution is 5.56. The number of aromatic hydroxyl groups is 1. The zero-order valence-corrected chi connectivity index (χ0v) is 7.58. The molecule has 0 fully saturated rings. The van der Waals surface area contributed by atoms with Crippen LogP contribution >= 0.6 is 0 Å². The smallest absolute Gasteiger partial charge is 0.116 e. The summed E-state index contributed by atoms with van der Waals surface area (Å²) in [5, 5.41) is 12.6. The molecule has 2 N–H and O–H groups in total. The Morgan fingerprint density at radius 3 is 3.15 bits per heavy atom. The first-order chi connectivity index (χ1) is 6.31. The van der Waals surface area contributed by atoms with E-state index in [0.29, 0.717) is 5.75 Å². The van der Waals surface area contributed by atoms with Crippen LogP contribution in [0, 0.1) is 0 Å². The molecule has 0 bridgehead atoms. The highest BCUT2D eigenvalue weighted by Gasteiger charge is 2.19. The van der Waals surface area contributed by atoms with Gasteiger partial charge in [-0.2, -0.15) is 0 Å². The van der Waals surface area contributed by atoms with Crippen molar-refractivity contribution in [2.45, 2.75) is 12.5 Å². The molecule has 0 spiro atoms. The van der Waals surface area contributed by atoms with E-state index in [-0.39, 0.29) is 6.10 Å². The van der Waals surface area contributed by atoms with Crippen LogP contribution in [0.1, 0.15) is 18.1 Å². The largest absolute Gasteiger partial charge is 0.508 e. The van der Waals surface area contributed by atoms with Gasteiger partial charge in [-0.25, -0.2) is 0 Å². The number of hydrogen-bond donors (Lipinski definition) is 2. The van der Waals surface area contributed by atoms with Crippen molar-refractivity contribution in [3.63, 3.8) is 0 Å². The number of hydrogen-bond acceptors (Lipinski definition) is 3. The standard InChI is InChI=1S/C10H13NO2/c1-13-10-4-5-11-9-3-2-7(12)6-8(9)10/h2-3,6,10-12H,4-5H2,1H3. The quantitative estimate of drug-likeness (QED) is 0.647. The van der Waals surface area contributed by atoms with Crippen LogP contribution in [0.25, 0.3) is 0 Å². The van der Waals surface area contributed by atoms with E-state index in [1.54, 1.807) is 19.2 Å². The molecule has 1 aromatic rings. The molecule has 1 atom stereocenters. The molecule has 3 nitrogen and oxygen atoms in total. The number of benzene rings is 1. The van der Waals surface area contributed by atoms with Crippen LogP contribution in [0.2, 0.25) is 0 Å². The molecule has 13 heavy (non-hydrogen) atoms. The van der Waals surface area contributed by atoms with Crippen molar-refractivity contribution in [1.82, 2.24) is 0 Å². The van der Waals surface area contributed by atoms with E-state index < -0.39 is 0 Å². The van der Waals surface area contributed by atoms with E-state index in [4.69, 9.17) is 4.74 Å². The van der Waals surface area contributed by atoms with Gasteiger partial charge in [0.05, 0.1) is 6.10 Å². The van der Waals surface area contributed by atoms with Crippen molar-refractivity contribution in [3.8, 4) is 5.75 Å². The number of nitrogens with one attached hydrogen (secondary N) is 1. The Morgan fingerprint density at radius 1 is 1.54 bits per heavy atom. The molecule has 0 radical (unpaired) electrons. The zero-order valence-electron chi connectivity index (χ0n) is 7.58. The third kappa shape index (κ3) is 1.47. The minimum absolute atomic E-state index is 0.114. The summed E-state index contributed by atoms with van der Waals surface area (Å²) in [6.45, 7) is 0.927. The second-order valence-electron chi connectivity index (χ2n) is 3.21. The lowest BCUT2D eigenvalue weighted by molar-refractivity contribution is 0.0963. The van der Waals surface area contributed by atoms with Crippen molar-refractivity contribution in [2.75, 3.05) is 19.0 Å². The third-order valence-electron chi connectivity index (χ3n) is 2.39. The van der Waals surface area contributed by atoms with Crippen LogP contribution in [-0.2, 0) is 4.74 Å². The molecule has 0 saturated heterocycles. The van der Waals surface area contributed by atoms with Gasteiger partial charge in [-0.3, -0.25) is 0 Å². The lowest BCUT2D eigenvalue weighted by Gasteiger charge is -2.25. The summed E-state index contributed by atoms with van der Waals surface area (Å²) >= 11 is 0. The van der Waals surface area contributed by atoms with Gasteiger partial charge in [-0.1, -0.05) is 0 Å². The van der Waals surface area contributed by atoms with Crippen LogP contribution in [0.5, 0.6) is 5.75 Å². The fourth-order valence-corrected chi connectivity index (χ4v) is 1.72. The Kier molecular flexibility index (Phi) is 2.10. The fourth-order valence-electron chi connectivity index (χ4n) is 1.72. The lowest BCUT2D eigenvalue weighted by atomic mass is 10.0. The molecule has 3 heteroatoms. The van der Waals surface area contributed by atoms with Crippen LogP contribution in [0.15, 0.2) is 18.2 Å². The van der Waals surface area contributed by atoms with Crippen molar-refractivity contribution < 1.29 is 9.84 Å². The third-order valence-corrected chi connectivity index (χ3v) is 2.39. The SMILES string of the molecule is COC1CCNc2ccc(O)cc21. The van der Waals surface area contributed by atoms with E-state index in [9.17, 15) is 5.11 Å². The number of methoxy groups -OCH3 is 1. The summed E-state index contributed by atoms with van der Waals surface area (Å²) < 4.78 is 5.32. The molecule has 1 aromatic carbocycles.